The number of nitrogens with zero attached hydrogens (tertiary/aromatic N) is 4. The molecule has 9 nitrogen and oxygen atoms in total. The van der Waals surface area contributed by atoms with Crippen LogP contribution in [0.15, 0.2) is 48.9 Å². The summed E-state index contributed by atoms with van der Waals surface area (Å²) in [6.45, 7) is -1.75. The summed E-state index contributed by atoms with van der Waals surface area (Å²) in [6, 6.07) is 8.47. The number of carbonyl (C=O) groups is 2. The van der Waals surface area contributed by atoms with Crippen LogP contribution in [-0.4, -0.2) is 57.0 Å². The Balaban J connectivity index is 1.37. The lowest BCUT2D eigenvalue weighted by molar-refractivity contribution is 0.0566. The highest BCUT2D eigenvalue weighted by Crippen LogP contribution is 2.34. The molecule has 2 aliphatic heterocycles. The van der Waals surface area contributed by atoms with Gasteiger partial charge in [-0.1, -0.05) is 23.7 Å². The van der Waals surface area contributed by atoms with Crippen LogP contribution in [0.1, 0.15) is 35.4 Å². The average Bonchev–Trinajstić information content (AvgIpc) is 3.51. The minimum atomic E-state index is -2.79. The number of ether oxygens (including phenoxy) is 2. The molecule has 2 aliphatic rings. The molecule has 2 atom stereocenters. The number of fused-ring (bicyclic) bond motifs is 1. The number of hydrogen-bond acceptors (Lipinski definition) is 6. The molecule has 0 aliphatic carbocycles. The Hall–Kier alpha value is -3.73. The average molecular weight is 518 g/mol. The zero-order valence-electron chi connectivity index (χ0n) is 18.9. The quantitative estimate of drug-likeness (QED) is 0.502. The third-order valence-electron chi connectivity index (χ3n) is 6.17. The molecule has 3 aromatic rings. The number of aromatic nitrogens is 3. The molecule has 1 aromatic carbocycles. The van der Waals surface area contributed by atoms with Crippen LogP contribution in [-0.2, 0) is 11.3 Å². The van der Waals surface area contributed by atoms with Gasteiger partial charge in [-0.05, 0) is 17.7 Å². The second kappa shape index (κ2) is 10.1. The van der Waals surface area contributed by atoms with E-state index in [4.69, 9.17) is 21.1 Å². The first kappa shape index (κ1) is 24.0. The number of pyridine rings is 1. The first-order valence-electron chi connectivity index (χ1n) is 11.3. The van der Waals surface area contributed by atoms with Gasteiger partial charge in [0.2, 0.25) is 0 Å². The molecular formula is C24H22ClF2N5O4. The topological polar surface area (TPSA) is 98.6 Å². The van der Waals surface area contributed by atoms with E-state index < -0.39 is 12.5 Å². The van der Waals surface area contributed by atoms with E-state index in [0.717, 1.165) is 5.56 Å². The monoisotopic (exact) mass is 517 g/mol. The number of amides is 2. The minimum Gasteiger partial charge on any atom is -0.489 e. The highest BCUT2D eigenvalue weighted by atomic mass is 35.5. The first-order valence-corrected chi connectivity index (χ1v) is 11.7. The number of piperidine rings is 1. The molecule has 36 heavy (non-hydrogen) atoms. The van der Waals surface area contributed by atoms with Crippen LogP contribution in [0.2, 0.25) is 5.02 Å². The van der Waals surface area contributed by atoms with Crippen molar-refractivity contribution in [3.63, 3.8) is 0 Å². The maximum atomic E-state index is 13.1. The minimum absolute atomic E-state index is 0.0923. The number of rotatable bonds is 7. The molecule has 0 unspecified atom stereocenters. The molecule has 0 spiro atoms. The van der Waals surface area contributed by atoms with Gasteiger partial charge in [0.05, 0.1) is 12.2 Å². The van der Waals surface area contributed by atoms with Crippen LogP contribution >= 0.6 is 11.6 Å². The van der Waals surface area contributed by atoms with Gasteiger partial charge >= 0.3 is 12.6 Å². The third-order valence-corrected chi connectivity index (χ3v) is 6.42. The van der Waals surface area contributed by atoms with Crippen molar-refractivity contribution in [1.29, 1.82) is 0 Å². The van der Waals surface area contributed by atoms with Crippen LogP contribution in [0.4, 0.5) is 13.6 Å². The molecule has 0 saturated carbocycles. The van der Waals surface area contributed by atoms with Crippen LogP contribution < -0.4 is 10.1 Å². The third kappa shape index (κ3) is 5.11. The summed E-state index contributed by atoms with van der Waals surface area (Å²) in [5.41, 5.74) is 1.78. The molecule has 12 heteroatoms. The summed E-state index contributed by atoms with van der Waals surface area (Å²) in [5, 5.41) is 7.09. The number of hydrogen-bond donors (Lipinski definition) is 1. The highest BCUT2D eigenvalue weighted by Gasteiger charge is 2.39. The molecule has 2 fully saturated rings. The Labute approximate surface area is 210 Å². The van der Waals surface area contributed by atoms with Gasteiger partial charge in [-0.2, -0.15) is 13.9 Å². The van der Waals surface area contributed by atoms with Crippen molar-refractivity contribution < 1.29 is 27.8 Å². The Morgan fingerprint density at radius 2 is 2.08 bits per heavy atom. The van der Waals surface area contributed by atoms with Crippen molar-refractivity contribution in [1.82, 2.24) is 25.0 Å². The fourth-order valence-corrected chi connectivity index (χ4v) is 4.41. The van der Waals surface area contributed by atoms with Gasteiger partial charge in [-0.15, -0.1) is 0 Å². The van der Waals surface area contributed by atoms with Crippen molar-refractivity contribution in [3.8, 4) is 16.9 Å². The second-order valence-corrected chi connectivity index (χ2v) is 8.99. The van der Waals surface area contributed by atoms with Gasteiger partial charge in [0.25, 0.3) is 5.91 Å². The van der Waals surface area contributed by atoms with Gasteiger partial charge in [0.1, 0.15) is 24.2 Å². The van der Waals surface area contributed by atoms with Gasteiger partial charge in [0.15, 0.2) is 0 Å². The molecule has 188 valence electrons. The predicted octanol–water partition coefficient (Wildman–Crippen LogP) is 4.29. The maximum absolute atomic E-state index is 13.1. The molecule has 0 bridgehead atoms. The van der Waals surface area contributed by atoms with E-state index in [1.54, 1.807) is 29.2 Å². The number of nitrogens with one attached hydrogen (secondary N) is 1. The smallest absolute Gasteiger partial charge is 0.410 e. The van der Waals surface area contributed by atoms with Crippen molar-refractivity contribution >= 4 is 23.6 Å². The van der Waals surface area contributed by atoms with Crippen LogP contribution in [0.25, 0.3) is 11.1 Å². The molecule has 0 radical (unpaired) electrons. The predicted molar refractivity (Wildman–Crippen MR) is 125 cm³/mol. The lowest BCUT2D eigenvalue weighted by Gasteiger charge is -2.32. The van der Waals surface area contributed by atoms with Crippen LogP contribution in [0, 0.1) is 0 Å². The van der Waals surface area contributed by atoms with E-state index >= 15 is 0 Å². The number of benzene rings is 1. The van der Waals surface area contributed by atoms with Crippen LogP contribution in [0.3, 0.4) is 0 Å². The Morgan fingerprint density at radius 3 is 2.83 bits per heavy atom. The van der Waals surface area contributed by atoms with E-state index in [9.17, 15) is 18.4 Å². The summed E-state index contributed by atoms with van der Waals surface area (Å²) in [5.74, 6) is -0.103. The summed E-state index contributed by atoms with van der Waals surface area (Å²) in [7, 11) is 0. The van der Waals surface area contributed by atoms with E-state index in [-0.39, 0.29) is 30.5 Å². The normalized spacial score (nSPS) is 19.2. The van der Waals surface area contributed by atoms with Crippen molar-refractivity contribution in [3.05, 3.63) is 65.2 Å². The molecule has 2 amide bonds. The summed E-state index contributed by atoms with van der Waals surface area (Å²) in [4.78, 5) is 30.5. The SMILES string of the molecule is O=C(NCc1ccc(Cl)cc1)c1cc(O[C@H]2CCN3C(=O)OC[C@@H]3C2)c(-c2cnn(C(F)F)c2)cn1. The standard InChI is InChI=1S/C24H22ClF2N5O4/c25-16-3-1-14(2-4-16)9-29-22(33)20-8-21(19(11-28-20)15-10-30-32(12-15)23(26)27)36-18-5-6-31-17(7-18)13-35-24(31)34/h1-4,8,10-12,17-18,23H,5-7,9,13H2,(H,29,33)/t17-,18-/m0/s1. The largest absolute Gasteiger partial charge is 0.489 e. The maximum Gasteiger partial charge on any atom is 0.410 e. The number of halogens is 3. The summed E-state index contributed by atoms with van der Waals surface area (Å²) < 4.78 is 38.1. The van der Waals surface area contributed by atoms with E-state index in [1.165, 1.54) is 24.7 Å². The van der Waals surface area contributed by atoms with Gasteiger partial charge < -0.3 is 19.7 Å². The fraction of sp³-hybridized carbons (Fsp3) is 0.333. The van der Waals surface area contributed by atoms with Crippen molar-refractivity contribution in [2.45, 2.75) is 38.1 Å². The summed E-state index contributed by atoms with van der Waals surface area (Å²) >= 11 is 5.90. The molecule has 2 saturated heterocycles. The lowest BCUT2D eigenvalue weighted by Crippen LogP contribution is -2.44. The summed E-state index contributed by atoms with van der Waals surface area (Å²) in [6.07, 6.45) is 4.41. The Bertz CT molecular complexity index is 1270. The lowest BCUT2D eigenvalue weighted by atomic mass is 10.0. The Kier molecular flexibility index (Phi) is 6.73. The van der Waals surface area contributed by atoms with Crippen molar-refractivity contribution in [2.24, 2.45) is 0 Å². The van der Waals surface area contributed by atoms with Gasteiger partial charge in [-0.25, -0.2) is 9.48 Å². The fourth-order valence-electron chi connectivity index (χ4n) is 4.28. The van der Waals surface area contributed by atoms with Crippen LogP contribution in [0.5, 0.6) is 5.75 Å². The van der Waals surface area contributed by atoms with Crippen molar-refractivity contribution in [2.75, 3.05) is 13.2 Å². The zero-order chi connectivity index (χ0) is 25.2. The number of cyclic esters (lactones) is 1. The first-order chi connectivity index (χ1) is 17.4. The van der Waals surface area contributed by atoms with Gasteiger partial charge in [-0.3, -0.25) is 9.78 Å². The Morgan fingerprint density at radius 1 is 1.28 bits per heavy atom. The van der Waals surface area contributed by atoms with E-state index in [2.05, 4.69) is 15.4 Å². The molecular weight excluding hydrogens is 496 g/mol. The molecule has 4 heterocycles. The number of carbonyl (C=O) groups excluding carboxylic acids is 2. The molecule has 2 aromatic heterocycles. The molecule has 1 N–H and O–H groups in total. The van der Waals surface area contributed by atoms with Gasteiger partial charge in [0, 0.05) is 60.5 Å². The highest BCUT2D eigenvalue weighted by molar-refractivity contribution is 6.30. The second-order valence-electron chi connectivity index (χ2n) is 8.55. The van der Waals surface area contributed by atoms with E-state index in [1.807, 2.05) is 0 Å². The van der Waals surface area contributed by atoms with E-state index in [0.29, 0.717) is 52.6 Å². The number of alkyl halides is 2. The zero-order valence-corrected chi connectivity index (χ0v) is 19.7. The molecule has 5 rings (SSSR count).